The summed E-state index contributed by atoms with van der Waals surface area (Å²) in [6, 6.07) is 12.9. The number of nitrogens with one attached hydrogen (secondary N) is 1. The van der Waals surface area contributed by atoms with Crippen LogP contribution in [0.3, 0.4) is 0 Å². The molecule has 2 fully saturated rings. The Morgan fingerprint density at radius 2 is 1.94 bits per heavy atom. The van der Waals surface area contributed by atoms with Crippen molar-refractivity contribution in [2.75, 3.05) is 44.8 Å². The van der Waals surface area contributed by atoms with Crippen molar-refractivity contribution in [1.29, 1.82) is 0 Å². The fourth-order valence-corrected chi connectivity index (χ4v) is 5.47. The van der Waals surface area contributed by atoms with Gasteiger partial charge in [0, 0.05) is 42.0 Å². The van der Waals surface area contributed by atoms with Gasteiger partial charge in [0.1, 0.15) is 12.4 Å². The molecule has 0 saturated carbocycles. The Morgan fingerprint density at radius 1 is 1.18 bits per heavy atom. The van der Waals surface area contributed by atoms with Crippen LogP contribution in [-0.2, 0) is 14.9 Å². The summed E-state index contributed by atoms with van der Waals surface area (Å²) < 4.78 is 11.5. The summed E-state index contributed by atoms with van der Waals surface area (Å²) in [7, 11) is 0. The van der Waals surface area contributed by atoms with Gasteiger partial charge in [-0.25, -0.2) is 0 Å². The van der Waals surface area contributed by atoms with Crippen molar-refractivity contribution in [2.24, 2.45) is 5.92 Å². The van der Waals surface area contributed by atoms with E-state index in [-0.39, 0.29) is 5.91 Å². The first kappa shape index (κ1) is 24.3. The topological polar surface area (TPSA) is 50.8 Å². The molecule has 4 rings (SSSR count). The molecule has 1 atom stereocenters. The van der Waals surface area contributed by atoms with Gasteiger partial charge < -0.3 is 14.8 Å². The standard InChI is InChI=1S/C26H32Cl2N2O3/c1-19-3-2-12-30(18-19)13-16-33-22-7-5-21(6-8-22)29-25(31)26(10-14-32-15-11-26)23-9-4-20(27)17-24(23)28/h4-9,17,19H,2-3,10-16,18H2,1H3,(H,29,31). The van der Waals surface area contributed by atoms with Crippen LogP contribution in [0.2, 0.25) is 10.0 Å². The minimum absolute atomic E-state index is 0.0806. The summed E-state index contributed by atoms with van der Waals surface area (Å²) in [4.78, 5) is 16.0. The van der Waals surface area contributed by atoms with Gasteiger partial charge in [-0.05, 0) is 80.1 Å². The summed E-state index contributed by atoms with van der Waals surface area (Å²) in [6.07, 6.45) is 3.72. The predicted molar refractivity (Wildman–Crippen MR) is 134 cm³/mol. The van der Waals surface area contributed by atoms with Gasteiger partial charge >= 0.3 is 0 Å². The largest absolute Gasteiger partial charge is 0.492 e. The Balaban J connectivity index is 1.38. The summed E-state index contributed by atoms with van der Waals surface area (Å²) in [5.74, 6) is 1.49. The average molecular weight is 491 g/mol. The quantitative estimate of drug-likeness (QED) is 0.533. The molecular formula is C26H32Cl2N2O3. The number of carbonyl (C=O) groups is 1. The third-order valence-electron chi connectivity index (χ3n) is 6.76. The summed E-state index contributed by atoms with van der Waals surface area (Å²) in [5, 5.41) is 4.14. The van der Waals surface area contributed by atoms with Gasteiger partial charge in [0.05, 0.1) is 5.41 Å². The van der Waals surface area contributed by atoms with E-state index in [1.807, 2.05) is 30.3 Å². The maximum absolute atomic E-state index is 13.5. The van der Waals surface area contributed by atoms with Crippen LogP contribution in [0.25, 0.3) is 0 Å². The number of rotatable bonds is 7. The monoisotopic (exact) mass is 490 g/mol. The molecule has 2 aliphatic rings. The van der Waals surface area contributed by atoms with Crippen LogP contribution in [0.4, 0.5) is 5.69 Å². The van der Waals surface area contributed by atoms with E-state index in [2.05, 4.69) is 17.1 Å². The lowest BCUT2D eigenvalue weighted by Crippen LogP contribution is -2.45. The fourth-order valence-electron chi connectivity index (χ4n) is 4.88. The lowest BCUT2D eigenvalue weighted by molar-refractivity contribution is -0.125. The van der Waals surface area contributed by atoms with Crippen molar-refractivity contribution < 1.29 is 14.3 Å². The zero-order valence-electron chi connectivity index (χ0n) is 19.1. The zero-order valence-corrected chi connectivity index (χ0v) is 20.6. The molecule has 1 amide bonds. The first-order valence-electron chi connectivity index (χ1n) is 11.8. The van der Waals surface area contributed by atoms with Crippen molar-refractivity contribution in [3.05, 3.63) is 58.1 Å². The lowest BCUT2D eigenvalue weighted by Gasteiger charge is -2.36. The highest BCUT2D eigenvalue weighted by Gasteiger charge is 2.43. The molecule has 33 heavy (non-hydrogen) atoms. The minimum atomic E-state index is -0.749. The molecular weight excluding hydrogens is 459 g/mol. The Morgan fingerprint density at radius 3 is 2.64 bits per heavy atom. The van der Waals surface area contributed by atoms with Crippen molar-refractivity contribution in [3.8, 4) is 5.75 Å². The molecule has 2 aliphatic heterocycles. The van der Waals surface area contributed by atoms with E-state index in [1.165, 1.54) is 12.8 Å². The van der Waals surface area contributed by atoms with Gasteiger partial charge in [-0.1, -0.05) is 36.2 Å². The average Bonchev–Trinajstić information content (AvgIpc) is 2.81. The van der Waals surface area contributed by atoms with E-state index in [0.717, 1.165) is 42.6 Å². The van der Waals surface area contributed by atoms with E-state index in [4.69, 9.17) is 32.7 Å². The van der Waals surface area contributed by atoms with E-state index in [9.17, 15) is 4.79 Å². The molecule has 2 aromatic carbocycles. The molecule has 0 aliphatic carbocycles. The maximum Gasteiger partial charge on any atom is 0.235 e. The third-order valence-corrected chi connectivity index (χ3v) is 7.31. The number of hydrogen-bond donors (Lipinski definition) is 1. The molecule has 5 nitrogen and oxygen atoms in total. The number of amides is 1. The number of benzene rings is 2. The Bertz CT molecular complexity index is 945. The molecule has 1 N–H and O–H groups in total. The number of nitrogens with zero attached hydrogens (tertiary/aromatic N) is 1. The number of anilines is 1. The zero-order chi connectivity index (χ0) is 23.3. The van der Waals surface area contributed by atoms with Crippen LogP contribution in [0.5, 0.6) is 5.75 Å². The molecule has 178 valence electrons. The van der Waals surface area contributed by atoms with Crippen LogP contribution in [0.15, 0.2) is 42.5 Å². The molecule has 2 saturated heterocycles. The molecule has 0 radical (unpaired) electrons. The SMILES string of the molecule is CC1CCCN(CCOc2ccc(NC(=O)C3(c4ccc(Cl)cc4Cl)CCOCC3)cc2)C1. The van der Waals surface area contributed by atoms with Gasteiger partial charge in [-0.2, -0.15) is 0 Å². The summed E-state index contributed by atoms with van der Waals surface area (Å²) in [6.45, 7) is 7.24. The Hall–Kier alpha value is -1.79. The minimum Gasteiger partial charge on any atom is -0.492 e. The molecule has 1 unspecified atom stereocenters. The first-order valence-corrected chi connectivity index (χ1v) is 12.5. The van der Waals surface area contributed by atoms with Gasteiger partial charge in [0.25, 0.3) is 0 Å². The van der Waals surface area contributed by atoms with Gasteiger partial charge in [-0.15, -0.1) is 0 Å². The number of ether oxygens (including phenoxy) is 2. The van der Waals surface area contributed by atoms with Crippen molar-refractivity contribution in [1.82, 2.24) is 4.90 Å². The molecule has 0 bridgehead atoms. The summed E-state index contributed by atoms with van der Waals surface area (Å²) >= 11 is 12.6. The Labute approximate surface area is 206 Å². The number of piperidine rings is 1. The van der Waals surface area contributed by atoms with E-state index in [0.29, 0.717) is 42.7 Å². The highest BCUT2D eigenvalue weighted by atomic mass is 35.5. The van der Waals surface area contributed by atoms with E-state index in [1.54, 1.807) is 12.1 Å². The predicted octanol–water partition coefficient (Wildman–Crippen LogP) is 5.79. The second kappa shape index (κ2) is 11.1. The van der Waals surface area contributed by atoms with Crippen molar-refractivity contribution >= 4 is 34.8 Å². The van der Waals surface area contributed by atoms with Crippen molar-refractivity contribution in [2.45, 2.75) is 38.0 Å². The van der Waals surface area contributed by atoms with Gasteiger partial charge in [-0.3, -0.25) is 9.69 Å². The highest BCUT2D eigenvalue weighted by Crippen LogP contribution is 2.40. The van der Waals surface area contributed by atoms with Crippen molar-refractivity contribution in [3.63, 3.8) is 0 Å². The second-order valence-electron chi connectivity index (χ2n) is 9.19. The van der Waals surface area contributed by atoms with Crippen LogP contribution in [0.1, 0.15) is 38.2 Å². The maximum atomic E-state index is 13.5. The van der Waals surface area contributed by atoms with Crippen LogP contribution < -0.4 is 10.1 Å². The summed E-state index contributed by atoms with van der Waals surface area (Å²) in [5.41, 5.74) is 0.773. The number of hydrogen-bond acceptors (Lipinski definition) is 4. The third kappa shape index (κ3) is 6.02. The van der Waals surface area contributed by atoms with E-state index < -0.39 is 5.41 Å². The lowest BCUT2D eigenvalue weighted by atomic mass is 9.73. The highest BCUT2D eigenvalue weighted by molar-refractivity contribution is 6.35. The van der Waals surface area contributed by atoms with Crippen LogP contribution in [0, 0.1) is 5.92 Å². The molecule has 2 aromatic rings. The molecule has 0 aromatic heterocycles. The van der Waals surface area contributed by atoms with Gasteiger partial charge in [0.2, 0.25) is 5.91 Å². The Kier molecular flexibility index (Phi) is 8.18. The van der Waals surface area contributed by atoms with E-state index >= 15 is 0 Å². The molecule has 0 spiro atoms. The number of carbonyl (C=O) groups excluding carboxylic acids is 1. The first-order chi connectivity index (χ1) is 16.0. The number of likely N-dealkylation sites (tertiary alicyclic amines) is 1. The number of halogens is 2. The molecule has 7 heteroatoms. The normalized spacial score (nSPS) is 20.9. The van der Waals surface area contributed by atoms with Crippen LogP contribution >= 0.6 is 23.2 Å². The van der Waals surface area contributed by atoms with Gasteiger partial charge in [0.15, 0.2) is 0 Å². The second-order valence-corrected chi connectivity index (χ2v) is 10.0. The van der Waals surface area contributed by atoms with Crippen LogP contribution in [-0.4, -0.2) is 50.3 Å². The molecule has 2 heterocycles. The fraction of sp³-hybridized carbons (Fsp3) is 0.500. The smallest absolute Gasteiger partial charge is 0.235 e.